The van der Waals surface area contributed by atoms with Gasteiger partial charge in [-0.2, -0.15) is 4.98 Å². The van der Waals surface area contributed by atoms with Crippen LogP contribution >= 0.6 is 0 Å². The van der Waals surface area contributed by atoms with Crippen LogP contribution < -0.4 is 5.73 Å². The summed E-state index contributed by atoms with van der Waals surface area (Å²) < 4.78 is 5.24. The van der Waals surface area contributed by atoms with Crippen LogP contribution in [0.25, 0.3) is 11.4 Å². The molecule has 2 N–H and O–H groups in total. The highest BCUT2D eigenvalue weighted by Crippen LogP contribution is 2.22. The number of rotatable bonds is 4. The first-order valence-electron chi connectivity index (χ1n) is 5.67. The summed E-state index contributed by atoms with van der Waals surface area (Å²) in [5.74, 6) is 1.42. The monoisotopic (exact) mass is 232 g/mol. The molecule has 17 heavy (non-hydrogen) atoms. The Kier molecular flexibility index (Phi) is 3.49. The Labute approximate surface area is 100 Å². The van der Waals surface area contributed by atoms with E-state index in [4.69, 9.17) is 10.3 Å². The van der Waals surface area contributed by atoms with Crippen LogP contribution in [0.5, 0.6) is 0 Å². The van der Waals surface area contributed by atoms with E-state index in [1.807, 2.05) is 19.9 Å². The molecule has 0 radical (unpaired) electrons. The molecule has 0 bridgehead atoms. The first-order valence-corrected chi connectivity index (χ1v) is 5.67. The van der Waals surface area contributed by atoms with Crippen LogP contribution in [0, 0.1) is 6.92 Å². The van der Waals surface area contributed by atoms with E-state index < -0.39 is 0 Å². The number of hydrogen-bond donors (Lipinski definition) is 1. The Morgan fingerprint density at radius 2 is 2.29 bits per heavy atom. The summed E-state index contributed by atoms with van der Waals surface area (Å²) in [5, 5.41) is 3.98. The van der Waals surface area contributed by atoms with E-state index in [-0.39, 0.29) is 5.92 Å². The lowest BCUT2D eigenvalue weighted by Gasteiger charge is -2.02. The van der Waals surface area contributed by atoms with E-state index in [1.165, 1.54) is 0 Å². The van der Waals surface area contributed by atoms with Crippen LogP contribution in [0.15, 0.2) is 23.0 Å². The zero-order valence-electron chi connectivity index (χ0n) is 10.1. The van der Waals surface area contributed by atoms with Crippen LogP contribution in [0.1, 0.15) is 30.7 Å². The average molecular weight is 232 g/mol. The van der Waals surface area contributed by atoms with Gasteiger partial charge in [-0.05, 0) is 31.5 Å². The van der Waals surface area contributed by atoms with Gasteiger partial charge < -0.3 is 10.3 Å². The summed E-state index contributed by atoms with van der Waals surface area (Å²) in [6.07, 6.45) is 4.34. The minimum atomic E-state index is 0.193. The predicted octanol–water partition coefficient (Wildman–Crippen LogP) is 1.89. The van der Waals surface area contributed by atoms with E-state index in [0.717, 1.165) is 17.5 Å². The topological polar surface area (TPSA) is 77.8 Å². The Morgan fingerprint density at radius 1 is 1.47 bits per heavy atom. The SMILES string of the molecule is Cc1ccncc1-c1noc(C(C)CCN)n1. The summed E-state index contributed by atoms with van der Waals surface area (Å²) in [6, 6.07) is 1.93. The molecule has 0 aliphatic rings. The molecule has 0 saturated heterocycles. The first-order chi connectivity index (χ1) is 8.22. The molecule has 5 nitrogen and oxygen atoms in total. The lowest BCUT2D eigenvalue weighted by Crippen LogP contribution is -2.04. The van der Waals surface area contributed by atoms with Crippen molar-refractivity contribution in [1.29, 1.82) is 0 Å². The molecular formula is C12H16N4O. The van der Waals surface area contributed by atoms with Gasteiger partial charge in [0.1, 0.15) is 0 Å². The Bertz CT molecular complexity index is 495. The highest BCUT2D eigenvalue weighted by atomic mass is 16.5. The second kappa shape index (κ2) is 5.05. The average Bonchev–Trinajstić information content (AvgIpc) is 2.79. The molecule has 2 rings (SSSR count). The molecule has 1 atom stereocenters. The van der Waals surface area contributed by atoms with Gasteiger partial charge in [-0.15, -0.1) is 0 Å². The van der Waals surface area contributed by atoms with Crippen molar-refractivity contribution < 1.29 is 4.52 Å². The van der Waals surface area contributed by atoms with Crippen molar-refractivity contribution in [3.8, 4) is 11.4 Å². The molecule has 0 amide bonds. The highest BCUT2D eigenvalue weighted by molar-refractivity contribution is 5.57. The van der Waals surface area contributed by atoms with Gasteiger partial charge in [-0.25, -0.2) is 0 Å². The summed E-state index contributed by atoms with van der Waals surface area (Å²) >= 11 is 0. The molecular weight excluding hydrogens is 216 g/mol. The number of aromatic nitrogens is 3. The van der Waals surface area contributed by atoms with Crippen LogP contribution in [0.2, 0.25) is 0 Å². The number of nitrogens with zero attached hydrogens (tertiary/aromatic N) is 3. The minimum absolute atomic E-state index is 0.193. The third kappa shape index (κ3) is 2.50. The summed E-state index contributed by atoms with van der Waals surface area (Å²) in [7, 11) is 0. The molecule has 2 aromatic rings. The molecule has 0 spiro atoms. The van der Waals surface area contributed by atoms with Crippen molar-refractivity contribution in [3.63, 3.8) is 0 Å². The van der Waals surface area contributed by atoms with Crippen LogP contribution in [-0.2, 0) is 0 Å². The van der Waals surface area contributed by atoms with Gasteiger partial charge in [-0.3, -0.25) is 4.98 Å². The number of pyridine rings is 1. The van der Waals surface area contributed by atoms with E-state index in [0.29, 0.717) is 18.3 Å². The third-order valence-electron chi connectivity index (χ3n) is 2.74. The molecule has 0 aliphatic carbocycles. The van der Waals surface area contributed by atoms with Gasteiger partial charge in [-0.1, -0.05) is 12.1 Å². The van der Waals surface area contributed by atoms with E-state index in [2.05, 4.69) is 15.1 Å². The molecule has 0 aliphatic heterocycles. The fourth-order valence-corrected chi connectivity index (χ4v) is 1.62. The maximum absolute atomic E-state index is 5.51. The van der Waals surface area contributed by atoms with Crippen molar-refractivity contribution in [2.75, 3.05) is 6.54 Å². The van der Waals surface area contributed by atoms with Gasteiger partial charge in [0.05, 0.1) is 0 Å². The molecule has 2 aromatic heterocycles. The van der Waals surface area contributed by atoms with Crippen LogP contribution in [-0.4, -0.2) is 21.7 Å². The lowest BCUT2D eigenvalue weighted by molar-refractivity contribution is 0.355. The van der Waals surface area contributed by atoms with Crippen molar-refractivity contribution in [1.82, 2.24) is 15.1 Å². The number of nitrogens with two attached hydrogens (primary N) is 1. The van der Waals surface area contributed by atoms with E-state index >= 15 is 0 Å². The quantitative estimate of drug-likeness (QED) is 0.870. The summed E-state index contributed by atoms with van der Waals surface area (Å²) in [6.45, 7) is 4.64. The predicted molar refractivity (Wildman–Crippen MR) is 64.4 cm³/mol. The van der Waals surface area contributed by atoms with Crippen molar-refractivity contribution in [3.05, 3.63) is 29.9 Å². The van der Waals surface area contributed by atoms with Gasteiger partial charge in [0.2, 0.25) is 11.7 Å². The second-order valence-electron chi connectivity index (χ2n) is 4.13. The standard InChI is InChI=1S/C12H16N4O/c1-8-4-6-14-7-10(8)11-15-12(17-16-11)9(2)3-5-13/h4,6-7,9H,3,5,13H2,1-2H3. The largest absolute Gasteiger partial charge is 0.339 e. The lowest BCUT2D eigenvalue weighted by atomic mass is 10.1. The maximum atomic E-state index is 5.51. The Balaban J connectivity index is 2.27. The van der Waals surface area contributed by atoms with Gasteiger partial charge >= 0.3 is 0 Å². The van der Waals surface area contributed by atoms with Gasteiger partial charge in [0.15, 0.2) is 0 Å². The minimum Gasteiger partial charge on any atom is -0.339 e. The van der Waals surface area contributed by atoms with Crippen molar-refractivity contribution in [2.45, 2.75) is 26.2 Å². The Hall–Kier alpha value is -1.75. The number of hydrogen-bond acceptors (Lipinski definition) is 5. The third-order valence-corrected chi connectivity index (χ3v) is 2.74. The fraction of sp³-hybridized carbons (Fsp3) is 0.417. The smallest absolute Gasteiger partial charge is 0.229 e. The van der Waals surface area contributed by atoms with Gasteiger partial charge in [0.25, 0.3) is 0 Å². The molecule has 2 heterocycles. The summed E-state index contributed by atoms with van der Waals surface area (Å²) in [4.78, 5) is 8.46. The fourth-order valence-electron chi connectivity index (χ4n) is 1.62. The molecule has 1 unspecified atom stereocenters. The second-order valence-corrected chi connectivity index (χ2v) is 4.13. The van der Waals surface area contributed by atoms with E-state index in [9.17, 15) is 0 Å². The van der Waals surface area contributed by atoms with Gasteiger partial charge in [0, 0.05) is 23.9 Å². The Morgan fingerprint density at radius 3 is 3.00 bits per heavy atom. The summed E-state index contributed by atoms with van der Waals surface area (Å²) in [5.41, 5.74) is 7.50. The van der Waals surface area contributed by atoms with Crippen LogP contribution in [0.3, 0.4) is 0 Å². The molecule has 5 heteroatoms. The number of aryl methyl sites for hydroxylation is 1. The zero-order valence-corrected chi connectivity index (χ0v) is 10.1. The van der Waals surface area contributed by atoms with E-state index in [1.54, 1.807) is 12.4 Å². The van der Waals surface area contributed by atoms with Crippen LogP contribution in [0.4, 0.5) is 0 Å². The normalized spacial score (nSPS) is 12.6. The first kappa shape index (κ1) is 11.7. The molecule has 0 fully saturated rings. The molecule has 0 aromatic carbocycles. The van der Waals surface area contributed by atoms with Crippen molar-refractivity contribution >= 4 is 0 Å². The maximum Gasteiger partial charge on any atom is 0.229 e. The molecule has 90 valence electrons. The highest BCUT2D eigenvalue weighted by Gasteiger charge is 2.15. The molecule has 0 saturated carbocycles. The zero-order chi connectivity index (χ0) is 12.3. The van der Waals surface area contributed by atoms with Crippen molar-refractivity contribution in [2.24, 2.45) is 5.73 Å².